The van der Waals surface area contributed by atoms with Gasteiger partial charge in [-0.3, -0.25) is 4.79 Å². The van der Waals surface area contributed by atoms with Gasteiger partial charge in [0, 0.05) is 18.6 Å². The Kier molecular flexibility index (Phi) is 4.14. The fourth-order valence-electron chi connectivity index (χ4n) is 2.93. The van der Waals surface area contributed by atoms with Crippen LogP contribution in [0, 0.1) is 5.92 Å². The van der Waals surface area contributed by atoms with Gasteiger partial charge in [0.25, 0.3) is 0 Å². The molecule has 0 aromatic carbocycles. The van der Waals surface area contributed by atoms with Crippen molar-refractivity contribution in [2.24, 2.45) is 5.92 Å². The van der Waals surface area contributed by atoms with E-state index in [1.165, 1.54) is 0 Å². The molecule has 6 heteroatoms. The lowest BCUT2D eigenvalue weighted by atomic mass is 10.1. The zero-order valence-electron chi connectivity index (χ0n) is 11.8. The van der Waals surface area contributed by atoms with Crippen LogP contribution in [-0.4, -0.2) is 34.1 Å². The monoisotopic (exact) mass is 308 g/mol. The van der Waals surface area contributed by atoms with E-state index >= 15 is 0 Å². The van der Waals surface area contributed by atoms with Crippen LogP contribution in [0.15, 0.2) is 16.8 Å². The zero-order chi connectivity index (χ0) is 14.8. The maximum atomic E-state index is 12.5. The molecule has 2 aliphatic carbocycles. The van der Waals surface area contributed by atoms with Crippen molar-refractivity contribution in [3.63, 3.8) is 0 Å². The van der Waals surface area contributed by atoms with Crippen LogP contribution in [0.5, 0.6) is 0 Å². The van der Waals surface area contributed by atoms with Gasteiger partial charge in [-0.25, -0.2) is 4.79 Å². The van der Waals surface area contributed by atoms with Crippen molar-refractivity contribution in [3.05, 3.63) is 22.4 Å². The second-order valence-corrected chi connectivity index (χ2v) is 6.77. The van der Waals surface area contributed by atoms with Crippen LogP contribution in [-0.2, 0) is 11.3 Å². The molecule has 3 rings (SSSR count). The highest BCUT2D eigenvalue weighted by Gasteiger charge is 2.35. The predicted octanol–water partition coefficient (Wildman–Crippen LogP) is 2.68. The van der Waals surface area contributed by atoms with Gasteiger partial charge in [0.1, 0.15) is 0 Å². The molecule has 2 amide bonds. The van der Waals surface area contributed by atoms with E-state index in [9.17, 15) is 9.59 Å². The van der Waals surface area contributed by atoms with Gasteiger partial charge in [0.2, 0.25) is 0 Å². The summed E-state index contributed by atoms with van der Waals surface area (Å²) in [6, 6.07) is 2.35. The number of carboxylic acids is 1. The molecule has 1 aromatic rings. The highest BCUT2D eigenvalue weighted by Crippen LogP contribution is 2.30. The smallest absolute Gasteiger partial charge is 0.318 e. The van der Waals surface area contributed by atoms with Gasteiger partial charge in [-0.15, -0.1) is 0 Å². The van der Waals surface area contributed by atoms with Crippen LogP contribution in [0.4, 0.5) is 4.79 Å². The van der Waals surface area contributed by atoms with Gasteiger partial charge in [0.05, 0.1) is 5.92 Å². The van der Waals surface area contributed by atoms with Gasteiger partial charge < -0.3 is 15.3 Å². The first kappa shape index (κ1) is 14.4. The minimum atomic E-state index is -0.746. The van der Waals surface area contributed by atoms with Gasteiger partial charge in [0.15, 0.2) is 0 Å². The number of urea groups is 1. The van der Waals surface area contributed by atoms with Crippen LogP contribution >= 0.6 is 11.3 Å². The van der Waals surface area contributed by atoms with E-state index in [0.29, 0.717) is 25.4 Å². The van der Waals surface area contributed by atoms with E-state index in [0.717, 1.165) is 24.8 Å². The molecule has 0 saturated heterocycles. The SMILES string of the molecule is O=C(O)[C@@H]1CC[C@H](NC(=O)N(Cc2ccsc2)C2CC2)C1. The van der Waals surface area contributed by atoms with Crippen LogP contribution in [0.3, 0.4) is 0 Å². The summed E-state index contributed by atoms with van der Waals surface area (Å²) in [5.41, 5.74) is 1.16. The van der Waals surface area contributed by atoms with Crippen molar-refractivity contribution < 1.29 is 14.7 Å². The predicted molar refractivity (Wildman–Crippen MR) is 80.2 cm³/mol. The van der Waals surface area contributed by atoms with Crippen LogP contribution in [0.2, 0.25) is 0 Å². The maximum absolute atomic E-state index is 12.5. The molecular weight excluding hydrogens is 288 g/mol. The first-order valence-electron chi connectivity index (χ1n) is 7.44. The highest BCUT2D eigenvalue weighted by molar-refractivity contribution is 7.07. The molecule has 1 aromatic heterocycles. The summed E-state index contributed by atoms with van der Waals surface area (Å²) in [7, 11) is 0. The fraction of sp³-hybridized carbons (Fsp3) is 0.600. The fourth-order valence-corrected chi connectivity index (χ4v) is 3.59. The number of thiophene rings is 1. The molecule has 0 bridgehead atoms. The Bertz CT molecular complexity index is 513. The van der Waals surface area contributed by atoms with E-state index < -0.39 is 5.97 Å². The molecule has 0 unspecified atom stereocenters. The maximum Gasteiger partial charge on any atom is 0.318 e. The van der Waals surface area contributed by atoms with Gasteiger partial charge >= 0.3 is 12.0 Å². The third-order valence-corrected chi connectivity index (χ3v) is 5.02. The molecule has 21 heavy (non-hydrogen) atoms. The highest BCUT2D eigenvalue weighted by atomic mass is 32.1. The molecule has 0 radical (unpaired) electrons. The Morgan fingerprint density at radius 1 is 1.33 bits per heavy atom. The molecule has 0 spiro atoms. The minimum absolute atomic E-state index is 0.00215. The number of rotatable bonds is 5. The summed E-state index contributed by atoms with van der Waals surface area (Å²) in [5, 5.41) is 16.1. The Morgan fingerprint density at radius 3 is 2.71 bits per heavy atom. The van der Waals surface area contributed by atoms with Gasteiger partial charge in [-0.05, 0) is 54.5 Å². The average molecular weight is 308 g/mol. The molecule has 1 heterocycles. The number of carbonyl (C=O) groups excluding carboxylic acids is 1. The molecular formula is C15H20N2O3S. The summed E-state index contributed by atoms with van der Waals surface area (Å²) in [4.78, 5) is 25.3. The summed E-state index contributed by atoms with van der Waals surface area (Å²) < 4.78 is 0. The van der Waals surface area contributed by atoms with E-state index in [2.05, 4.69) is 10.7 Å². The number of carbonyl (C=O) groups is 2. The number of carboxylic acid groups (broad SMARTS) is 1. The first-order chi connectivity index (χ1) is 10.1. The largest absolute Gasteiger partial charge is 0.481 e. The number of nitrogens with zero attached hydrogens (tertiary/aromatic N) is 1. The summed E-state index contributed by atoms with van der Waals surface area (Å²) in [6.07, 6.45) is 4.12. The van der Waals surface area contributed by atoms with E-state index in [4.69, 9.17) is 5.11 Å². The second kappa shape index (κ2) is 6.05. The van der Waals surface area contributed by atoms with Crippen molar-refractivity contribution >= 4 is 23.3 Å². The lowest BCUT2D eigenvalue weighted by molar-refractivity contribution is -0.141. The lowest BCUT2D eigenvalue weighted by Crippen LogP contribution is -2.44. The molecule has 2 fully saturated rings. The standard InChI is InChI=1S/C15H20N2O3S/c18-14(19)11-1-2-12(7-11)16-15(20)17(13-3-4-13)8-10-5-6-21-9-10/h5-6,9,11-13H,1-4,7-8H2,(H,16,20)(H,18,19)/t11-,12+/m1/s1. The Balaban J connectivity index is 1.56. The van der Waals surface area contributed by atoms with Crippen molar-refractivity contribution in [3.8, 4) is 0 Å². The van der Waals surface area contributed by atoms with Crippen LogP contribution in [0.1, 0.15) is 37.7 Å². The summed E-state index contributed by atoms with van der Waals surface area (Å²) in [6.45, 7) is 0.648. The van der Waals surface area contributed by atoms with Crippen molar-refractivity contribution in [1.29, 1.82) is 0 Å². The molecule has 114 valence electrons. The van der Waals surface area contributed by atoms with Gasteiger partial charge in [-0.2, -0.15) is 11.3 Å². The Hall–Kier alpha value is -1.56. The van der Waals surface area contributed by atoms with E-state index in [1.54, 1.807) is 11.3 Å². The molecule has 2 N–H and O–H groups in total. The third kappa shape index (κ3) is 3.56. The lowest BCUT2D eigenvalue weighted by Gasteiger charge is -2.24. The van der Waals surface area contributed by atoms with Crippen LogP contribution < -0.4 is 5.32 Å². The zero-order valence-corrected chi connectivity index (χ0v) is 12.6. The molecule has 0 aliphatic heterocycles. The van der Waals surface area contributed by atoms with Crippen molar-refractivity contribution in [2.75, 3.05) is 0 Å². The first-order valence-corrected chi connectivity index (χ1v) is 8.39. The molecule has 2 saturated carbocycles. The third-order valence-electron chi connectivity index (χ3n) is 4.29. The Labute approximate surface area is 128 Å². The second-order valence-electron chi connectivity index (χ2n) is 5.99. The molecule has 5 nitrogen and oxygen atoms in total. The summed E-state index contributed by atoms with van der Waals surface area (Å²) >= 11 is 1.64. The number of amides is 2. The topological polar surface area (TPSA) is 69.6 Å². The van der Waals surface area contributed by atoms with Gasteiger partial charge in [-0.1, -0.05) is 0 Å². The number of hydrogen-bond donors (Lipinski definition) is 2. The quantitative estimate of drug-likeness (QED) is 0.878. The van der Waals surface area contributed by atoms with Crippen LogP contribution in [0.25, 0.3) is 0 Å². The number of aliphatic carboxylic acids is 1. The van der Waals surface area contributed by atoms with E-state index in [-0.39, 0.29) is 18.0 Å². The van der Waals surface area contributed by atoms with E-state index in [1.807, 2.05) is 16.3 Å². The normalized spacial score (nSPS) is 24.8. The number of hydrogen-bond acceptors (Lipinski definition) is 3. The molecule has 2 aliphatic rings. The minimum Gasteiger partial charge on any atom is -0.481 e. The van der Waals surface area contributed by atoms with Crippen molar-refractivity contribution in [1.82, 2.24) is 10.2 Å². The number of nitrogens with one attached hydrogen (secondary N) is 1. The average Bonchev–Trinajstić information content (AvgIpc) is 2.97. The Morgan fingerprint density at radius 2 is 2.14 bits per heavy atom. The van der Waals surface area contributed by atoms with Crippen molar-refractivity contribution in [2.45, 2.75) is 50.7 Å². The summed E-state index contributed by atoms with van der Waals surface area (Å²) in [5.74, 6) is -1.05. The molecule has 2 atom stereocenters.